The van der Waals surface area contributed by atoms with Gasteiger partial charge in [0.2, 0.25) is 5.91 Å². The normalized spacial score (nSPS) is 12.8. The van der Waals surface area contributed by atoms with Gasteiger partial charge in [-0.3, -0.25) is 4.79 Å². The fourth-order valence-corrected chi connectivity index (χ4v) is 1.68. The Morgan fingerprint density at radius 1 is 1.24 bits per heavy atom. The molecule has 0 aromatic rings. The van der Waals surface area contributed by atoms with Crippen molar-refractivity contribution in [1.82, 2.24) is 4.90 Å². The molecule has 0 aromatic carbocycles. The third-order valence-corrected chi connectivity index (χ3v) is 2.97. The van der Waals surface area contributed by atoms with Crippen molar-refractivity contribution in [3.8, 4) is 0 Å². The molecule has 0 bridgehead atoms. The zero-order valence-electron chi connectivity index (χ0n) is 11.5. The third kappa shape index (κ3) is 6.64. The van der Waals surface area contributed by atoms with Gasteiger partial charge in [0.25, 0.3) is 0 Å². The van der Waals surface area contributed by atoms with Gasteiger partial charge >= 0.3 is 0 Å². The lowest BCUT2D eigenvalue weighted by atomic mass is 10.0. The highest BCUT2D eigenvalue weighted by atomic mass is 16.3. The summed E-state index contributed by atoms with van der Waals surface area (Å²) in [7, 11) is 0. The van der Waals surface area contributed by atoms with Crippen LogP contribution in [-0.4, -0.2) is 41.7 Å². The Morgan fingerprint density at radius 3 is 2.35 bits per heavy atom. The first kappa shape index (κ1) is 16.4. The number of amides is 1. The molecule has 17 heavy (non-hydrogen) atoms. The lowest BCUT2D eigenvalue weighted by Crippen LogP contribution is -2.47. The van der Waals surface area contributed by atoms with E-state index in [4.69, 9.17) is 10.8 Å². The molecule has 3 N–H and O–H groups in total. The number of nitrogens with zero attached hydrogens (tertiary/aromatic N) is 1. The van der Waals surface area contributed by atoms with E-state index in [1.54, 1.807) is 4.90 Å². The van der Waals surface area contributed by atoms with Crippen LogP contribution in [0.5, 0.6) is 0 Å². The topological polar surface area (TPSA) is 66.6 Å². The fourth-order valence-electron chi connectivity index (χ4n) is 1.68. The minimum atomic E-state index is -0.451. The van der Waals surface area contributed by atoms with Crippen molar-refractivity contribution < 1.29 is 9.90 Å². The van der Waals surface area contributed by atoms with E-state index in [1.165, 1.54) is 12.8 Å². The molecule has 4 nitrogen and oxygen atoms in total. The summed E-state index contributed by atoms with van der Waals surface area (Å²) in [5.41, 5.74) is 5.85. The van der Waals surface area contributed by atoms with Gasteiger partial charge in [-0.2, -0.15) is 0 Å². The number of aliphatic hydroxyl groups is 1. The summed E-state index contributed by atoms with van der Waals surface area (Å²) in [5, 5.41) is 8.97. The molecule has 0 fully saturated rings. The minimum Gasteiger partial charge on any atom is -0.395 e. The van der Waals surface area contributed by atoms with Gasteiger partial charge in [-0.05, 0) is 12.3 Å². The largest absolute Gasteiger partial charge is 0.395 e. The number of carbonyl (C=O) groups excluding carboxylic acids is 1. The van der Waals surface area contributed by atoms with Crippen molar-refractivity contribution in [3.63, 3.8) is 0 Å². The van der Waals surface area contributed by atoms with E-state index >= 15 is 0 Å². The highest BCUT2D eigenvalue weighted by molar-refractivity contribution is 5.81. The number of hydrogen-bond donors (Lipinski definition) is 2. The van der Waals surface area contributed by atoms with Crippen LogP contribution in [0, 0.1) is 5.92 Å². The molecule has 1 amide bonds. The summed E-state index contributed by atoms with van der Waals surface area (Å²) in [4.78, 5) is 13.7. The van der Waals surface area contributed by atoms with Crippen molar-refractivity contribution in [1.29, 1.82) is 0 Å². The summed E-state index contributed by atoms with van der Waals surface area (Å²) in [5.74, 6) is 0.102. The Bertz CT molecular complexity index is 208. The molecule has 0 aliphatic heterocycles. The SMILES string of the molecule is CCCCCCN(CCO)C(=O)[C@H](N)C(C)C. The van der Waals surface area contributed by atoms with Crippen LogP contribution < -0.4 is 5.73 Å². The molecular weight excluding hydrogens is 216 g/mol. The highest BCUT2D eigenvalue weighted by Crippen LogP contribution is 2.06. The second-order valence-electron chi connectivity index (χ2n) is 4.88. The summed E-state index contributed by atoms with van der Waals surface area (Å²) in [6.07, 6.45) is 4.49. The van der Waals surface area contributed by atoms with Gasteiger partial charge in [0.05, 0.1) is 12.6 Å². The number of hydrogen-bond acceptors (Lipinski definition) is 3. The highest BCUT2D eigenvalue weighted by Gasteiger charge is 2.22. The summed E-state index contributed by atoms with van der Waals surface area (Å²) < 4.78 is 0. The second-order valence-corrected chi connectivity index (χ2v) is 4.88. The van der Waals surface area contributed by atoms with Gasteiger partial charge < -0.3 is 15.7 Å². The fraction of sp³-hybridized carbons (Fsp3) is 0.923. The van der Waals surface area contributed by atoms with Gasteiger partial charge in [-0.1, -0.05) is 40.0 Å². The van der Waals surface area contributed by atoms with Crippen LogP contribution in [-0.2, 0) is 4.79 Å². The molecule has 0 aliphatic rings. The molecule has 0 saturated heterocycles. The summed E-state index contributed by atoms with van der Waals surface area (Å²) in [6.45, 7) is 7.15. The maximum atomic E-state index is 12.0. The number of carbonyl (C=O) groups is 1. The van der Waals surface area contributed by atoms with Crippen LogP contribution in [0.25, 0.3) is 0 Å². The Kier molecular flexibility index (Phi) is 9.09. The van der Waals surface area contributed by atoms with E-state index in [2.05, 4.69) is 6.92 Å². The molecule has 102 valence electrons. The van der Waals surface area contributed by atoms with E-state index in [-0.39, 0.29) is 18.4 Å². The Hall–Kier alpha value is -0.610. The van der Waals surface area contributed by atoms with Crippen LogP contribution in [0.3, 0.4) is 0 Å². The van der Waals surface area contributed by atoms with Crippen LogP contribution in [0.15, 0.2) is 0 Å². The molecule has 0 aliphatic carbocycles. The molecule has 0 heterocycles. The predicted octanol–water partition coefficient (Wildman–Crippen LogP) is 1.37. The standard InChI is InChI=1S/C13H28N2O2/c1-4-5-6-7-8-15(9-10-16)13(17)12(14)11(2)3/h11-12,16H,4-10,14H2,1-3H3/t12-/m1/s1. The van der Waals surface area contributed by atoms with E-state index in [9.17, 15) is 4.79 Å². The minimum absolute atomic E-state index is 0.00430. The Labute approximate surface area is 105 Å². The molecule has 0 aromatic heterocycles. The zero-order valence-corrected chi connectivity index (χ0v) is 11.5. The first-order valence-electron chi connectivity index (χ1n) is 6.69. The summed E-state index contributed by atoms with van der Waals surface area (Å²) >= 11 is 0. The maximum Gasteiger partial charge on any atom is 0.239 e. The Balaban J connectivity index is 4.16. The van der Waals surface area contributed by atoms with E-state index in [0.29, 0.717) is 13.1 Å². The zero-order chi connectivity index (χ0) is 13.3. The van der Waals surface area contributed by atoms with Gasteiger partial charge in [-0.25, -0.2) is 0 Å². The van der Waals surface area contributed by atoms with Gasteiger partial charge in [0, 0.05) is 13.1 Å². The predicted molar refractivity (Wildman–Crippen MR) is 70.6 cm³/mol. The Morgan fingerprint density at radius 2 is 1.88 bits per heavy atom. The smallest absolute Gasteiger partial charge is 0.239 e. The average molecular weight is 244 g/mol. The average Bonchev–Trinajstić information content (AvgIpc) is 2.31. The quantitative estimate of drug-likeness (QED) is 0.602. The lowest BCUT2D eigenvalue weighted by Gasteiger charge is -2.26. The maximum absolute atomic E-state index is 12.0. The number of aliphatic hydroxyl groups excluding tert-OH is 1. The molecule has 0 spiro atoms. The van der Waals surface area contributed by atoms with Crippen LogP contribution in [0.2, 0.25) is 0 Å². The van der Waals surface area contributed by atoms with Crippen molar-refractivity contribution in [2.24, 2.45) is 11.7 Å². The van der Waals surface area contributed by atoms with E-state index < -0.39 is 6.04 Å². The lowest BCUT2D eigenvalue weighted by molar-refractivity contribution is -0.134. The van der Waals surface area contributed by atoms with Gasteiger partial charge in [0.15, 0.2) is 0 Å². The van der Waals surface area contributed by atoms with Gasteiger partial charge in [0.1, 0.15) is 0 Å². The molecule has 4 heteroatoms. The molecule has 0 saturated carbocycles. The first-order chi connectivity index (χ1) is 8.04. The number of unbranched alkanes of at least 4 members (excludes halogenated alkanes) is 3. The van der Waals surface area contributed by atoms with E-state index in [0.717, 1.165) is 12.8 Å². The van der Waals surface area contributed by atoms with Crippen molar-refractivity contribution >= 4 is 5.91 Å². The van der Waals surface area contributed by atoms with Crippen LogP contribution in [0.1, 0.15) is 46.5 Å². The monoisotopic (exact) mass is 244 g/mol. The molecular formula is C13H28N2O2. The van der Waals surface area contributed by atoms with Crippen LogP contribution >= 0.6 is 0 Å². The molecule has 0 rings (SSSR count). The van der Waals surface area contributed by atoms with E-state index in [1.807, 2.05) is 13.8 Å². The van der Waals surface area contributed by atoms with Crippen molar-refractivity contribution in [2.45, 2.75) is 52.5 Å². The van der Waals surface area contributed by atoms with Crippen LogP contribution in [0.4, 0.5) is 0 Å². The van der Waals surface area contributed by atoms with Crippen molar-refractivity contribution in [3.05, 3.63) is 0 Å². The third-order valence-electron chi connectivity index (χ3n) is 2.97. The second kappa shape index (κ2) is 9.42. The number of rotatable bonds is 9. The first-order valence-corrected chi connectivity index (χ1v) is 6.69. The molecule has 0 radical (unpaired) electrons. The summed E-state index contributed by atoms with van der Waals surface area (Å²) in [6, 6.07) is -0.451. The number of nitrogens with two attached hydrogens (primary N) is 1. The molecule has 0 unspecified atom stereocenters. The van der Waals surface area contributed by atoms with Gasteiger partial charge in [-0.15, -0.1) is 0 Å². The van der Waals surface area contributed by atoms with Crippen molar-refractivity contribution in [2.75, 3.05) is 19.7 Å². The molecule has 1 atom stereocenters.